The quantitative estimate of drug-likeness (QED) is 0.0643. The minimum atomic E-state index is -2.13. The molecule has 2 amide bonds. The van der Waals surface area contributed by atoms with Crippen LogP contribution in [0.3, 0.4) is 0 Å². The highest BCUT2D eigenvalue weighted by Gasteiger charge is 2.56. The fourth-order valence-corrected chi connectivity index (χ4v) is 8.96. The molecule has 0 aliphatic carbocycles. The van der Waals surface area contributed by atoms with E-state index in [-0.39, 0.29) is 0 Å². The Kier molecular flexibility index (Phi) is 20.8. The summed E-state index contributed by atoms with van der Waals surface area (Å²) in [6, 6.07) is -3.32. The molecule has 0 saturated carbocycles. The van der Waals surface area contributed by atoms with E-state index in [1.54, 1.807) is 0 Å². The van der Waals surface area contributed by atoms with E-state index in [0.29, 0.717) is 0 Å². The van der Waals surface area contributed by atoms with Gasteiger partial charge < -0.3 is 150 Å². The maximum absolute atomic E-state index is 12.6. The molecule has 6 saturated heterocycles. The van der Waals surface area contributed by atoms with Crippen LogP contribution in [0.25, 0.3) is 0 Å². The van der Waals surface area contributed by atoms with E-state index in [0.717, 1.165) is 13.8 Å². The van der Waals surface area contributed by atoms with Gasteiger partial charge in [0.2, 0.25) is 11.8 Å². The van der Waals surface area contributed by atoms with E-state index in [4.69, 9.17) is 52.1 Å². The Morgan fingerprint density at radius 3 is 1.25 bits per heavy atom. The molecule has 0 unspecified atom stereocenters. The van der Waals surface area contributed by atoms with E-state index < -0.39 is 229 Å². The number of rotatable bonds is 17. The highest BCUT2D eigenvalue weighted by Crippen LogP contribution is 2.34. The van der Waals surface area contributed by atoms with Crippen molar-refractivity contribution in [2.75, 3.05) is 33.0 Å². The summed E-state index contributed by atoms with van der Waals surface area (Å²) in [7, 11) is 0. The van der Waals surface area contributed by atoms with Crippen molar-refractivity contribution in [2.45, 2.75) is 205 Å². The molecule has 0 aromatic carbocycles. The van der Waals surface area contributed by atoms with Gasteiger partial charge in [0.15, 0.2) is 37.7 Å². The Morgan fingerprint density at radius 1 is 0.389 bits per heavy atom. The Hall–Kier alpha value is -2.18. The third kappa shape index (κ3) is 13.0. The maximum Gasteiger partial charge on any atom is 0.217 e. The second-order valence-corrected chi connectivity index (χ2v) is 18.3. The largest absolute Gasteiger partial charge is 0.394 e. The summed E-state index contributed by atoms with van der Waals surface area (Å²) < 4.78 is 62.1. The van der Waals surface area contributed by atoms with Crippen LogP contribution in [0.2, 0.25) is 0 Å². The van der Waals surface area contributed by atoms with Gasteiger partial charge in [-0.15, -0.1) is 0 Å². The van der Waals surface area contributed by atoms with Crippen molar-refractivity contribution in [1.82, 2.24) is 10.6 Å². The fourth-order valence-electron chi connectivity index (χ4n) is 8.96. The zero-order chi connectivity index (χ0) is 53.2. The molecule has 30 atom stereocenters. The van der Waals surface area contributed by atoms with Crippen molar-refractivity contribution >= 4 is 11.8 Å². The molecule has 6 aliphatic rings. The third-order valence-electron chi connectivity index (χ3n) is 13.1. The molecule has 6 heterocycles. The van der Waals surface area contributed by atoms with Crippen LogP contribution in [0.4, 0.5) is 0 Å². The van der Waals surface area contributed by atoms with E-state index >= 15 is 0 Å². The molecule has 6 rings (SSSR count). The molecule has 0 spiro atoms. The molecule has 0 aromatic heterocycles. The number of aliphatic hydroxyl groups excluding tert-OH is 17. The summed E-state index contributed by atoms with van der Waals surface area (Å²) in [6.45, 7) is -0.605. The summed E-state index contributed by atoms with van der Waals surface area (Å²) in [5.41, 5.74) is 0. The standard InChI is InChI=1S/C40H68N2O30/c1-9-19(47)25(53)29(57)37(65-9)64-8-16-34(23(51)17(35(61)66-16)41-10(2)45)71-36-18(42-11(3)46)24(52)33(13(5-44)68-36)72-40-32(60)28(56)22(50)15(70-40)7-63-39-31(59)27(55)21(49)14(69-39)6-62-38-30(58)26(54)20(48)12(4-43)67-38/h9,12-40,43-44,47-61H,4-8H2,1-3H3,(H,41,45)(H,42,46)/t9-,12+,13+,14+,15+,16+,17+,18+,19+,20-,21+,22+,23+,24+,25+,26-,27-,28-,29-,30+,31-,32-,33+,34+,35+,36-,37+,38+,39-,40-/m0/s1. The maximum atomic E-state index is 12.6. The van der Waals surface area contributed by atoms with Gasteiger partial charge in [-0.25, -0.2) is 0 Å². The Morgan fingerprint density at radius 2 is 0.750 bits per heavy atom. The molecule has 6 fully saturated rings. The van der Waals surface area contributed by atoms with Gasteiger partial charge in [0.1, 0.15) is 140 Å². The van der Waals surface area contributed by atoms with Crippen molar-refractivity contribution in [3.63, 3.8) is 0 Å². The predicted molar refractivity (Wildman–Crippen MR) is 221 cm³/mol. The average Bonchev–Trinajstić information content (AvgIpc) is 3.34. The van der Waals surface area contributed by atoms with Crippen molar-refractivity contribution in [2.24, 2.45) is 0 Å². The summed E-state index contributed by atoms with van der Waals surface area (Å²) in [4.78, 5) is 24.6. The van der Waals surface area contributed by atoms with Gasteiger partial charge in [0.05, 0.1) is 39.1 Å². The van der Waals surface area contributed by atoms with Crippen LogP contribution in [-0.2, 0) is 61.7 Å². The van der Waals surface area contributed by atoms with Crippen LogP contribution in [0.1, 0.15) is 20.8 Å². The summed E-state index contributed by atoms with van der Waals surface area (Å²) in [5.74, 6) is -1.56. The van der Waals surface area contributed by atoms with Gasteiger partial charge in [-0.3, -0.25) is 9.59 Å². The smallest absolute Gasteiger partial charge is 0.217 e. The van der Waals surface area contributed by atoms with E-state index in [1.165, 1.54) is 6.92 Å². The molecule has 19 N–H and O–H groups in total. The van der Waals surface area contributed by atoms with E-state index in [9.17, 15) is 96.4 Å². The number of nitrogens with one attached hydrogen (secondary N) is 2. The number of carbonyl (C=O) groups excluding carboxylic acids is 2. The van der Waals surface area contributed by atoms with Crippen LogP contribution in [-0.4, -0.2) is 316 Å². The fraction of sp³-hybridized carbons (Fsp3) is 0.950. The number of ether oxygens (including phenoxy) is 11. The van der Waals surface area contributed by atoms with Gasteiger partial charge in [-0.2, -0.15) is 0 Å². The Bertz CT molecular complexity index is 1730. The lowest BCUT2D eigenvalue weighted by Crippen LogP contribution is -2.70. The summed E-state index contributed by atoms with van der Waals surface area (Å²) >= 11 is 0. The van der Waals surface area contributed by atoms with Gasteiger partial charge in [0, 0.05) is 13.8 Å². The first-order valence-electron chi connectivity index (χ1n) is 23.0. The minimum absolute atomic E-state index is 0.705. The molecule has 418 valence electrons. The van der Waals surface area contributed by atoms with E-state index in [2.05, 4.69) is 10.6 Å². The van der Waals surface area contributed by atoms with Crippen LogP contribution in [0, 0.1) is 0 Å². The van der Waals surface area contributed by atoms with Crippen molar-refractivity contribution in [3.8, 4) is 0 Å². The van der Waals surface area contributed by atoms with Gasteiger partial charge >= 0.3 is 0 Å². The number of hydrogen-bond acceptors (Lipinski definition) is 30. The van der Waals surface area contributed by atoms with Crippen LogP contribution in [0.5, 0.6) is 0 Å². The molecule has 6 aliphatic heterocycles. The number of carbonyl (C=O) groups is 2. The zero-order valence-electron chi connectivity index (χ0n) is 38.8. The average molecular weight is 1060 g/mol. The van der Waals surface area contributed by atoms with Crippen LogP contribution >= 0.6 is 0 Å². The highest BCUT2D eigenvalue weighted by atomic mass is 16.8. The molecule has 32 heteroatoms. The first-order chi connectivity index (χ1) is 33.9. The lowest BCUT2D eigenvalue weighted by atomic mass is 9.94. The molecule has 0 radical (unpaired) electrons. The topological polar surface area (TPSA) is 504 Å². The highest BCUT2D eigenvalue weighted by molar-refractivity contribution is 5.73. The normalized spacial score (nSPS) is 50.3. The summed E-state index contributed by atoms with van der Waals surface area (Å²) in [6.07, 6.45) is -49.9. The van der Waals surface area contributed by atoms with Crippen molar-refractivity contribution < 1.29 is 149 Å². The SMILES string of the molecule is CC(=O)N[C@@H]1[C@@H](O)[C@H](O[C@@H]2O[C@H](CO)[C@@H](O[C@@H]3O[C@H](CO[C@H]4O[C@H](CO[C@@H]5O[C@H](CO)[C@H](O)[C@H](O)[C@H]5O)[C@@H](O)[C@H](O)[C@@H]4O)[C@@H](O)[C@H](O)[C@@H]3O)[C@H](O)[C@H]2NC(C)=O)[C@@H](CO[C@@H]2O[C@@H](C)[C@@H](O)[C@@H](O)[C@@H]2O)O[C@H]1O. The first-order valence-corrected chi connectivity index (χ1v) is 23.0. The van der Waals surface area contributed by atoms with Gasteiger partial charge in [-0.1, -0.05) is 0 Å². The van der Waals surface area contributed by atoms with Gasteiger partial charge in [0.25, 0.3) is 0 Å². The third-order valence-corrected chi connectivity index (χ3v) is 13.1. The van der Waals surface area contributed by atoms with Crippen molar-refractivity contribution in [1.29, 1.82) is 0 Å². The first kappa shape index (κ1) is 59.1. The molecule has 72 heavy (non-hydrogen) atoms. The number of aliphatic hydroxyl groups is 17. The zero-order valence-corrected chi connectivity index (χ0v) is 38.8. The Labute approximate surface area is 408 Å². The van der Waals surface area contributed by atoms with Crippen molar-refractivity contribution in [3.05, 3.63) is 0 Å². The molecule has 0 aromatic rings. The van der Waals surface area contributed by atoms with Crippen LogP contribution in [0.15, 0.2) is 0 Å². The predicted octanol–water partition coefficient (Wildman–Crippen LogP) is -12.8. The second-order valence-electron chi connectivity index (χ2n) is 18.3. The molecule has 0 bridgehead atoms. The molecule has 32 nitrogen and oxygen atoms in total. The van der Waals surface area contributed by atoms with Crippen LogP contribution < -0.4 is 10.6 Å². The minimum Gasteiger partial charge on any atom is -0.394 e. The Balaban J connectivity index is 1.14. The second kappa shape index (κ2) is 25.3. The monoisotopic (exact) mass is 1060 g/mol. The summed E-state index contributed by atoms with van der Waals surface area (Å²) in [5, 5.41) is 185. The number of amides is 2. The molecular formula is C40H68N2O30. The van der Waals surface area contributed by atoms with E-state index in [1.807, 2.05) is 0 Å². The molecular weight excluding hydrogens is 988 g/mol. The lowest BCUT2D eigenvalue weighted by Gasteiger charge is -2.49. The van der Waals surface area contributed by atoms with Gasteiger partial charge in [-0.05, 0) is 6.92 Å². The lowest BCUT2D eigenvalue weighted by molar-refractivity contribution is -0.368. The number of hydrogen-bond donors (Lipinski definition) is 19.